The molecular formula is C22H22N4O3S2. The average molecular weight is 455 g/mol. The van der Waals surface area contributed by atoms with Crippen LogP contribution in [0.2, 0.25) is 0 Å². The van der Waals surface area contributed by atoms with Crippen LogP contribution in [0.15, 0.2) is 41.2 Å². The molecule has 9 heteroatoms. The highest BCUT2D eigenvalue weighted by Crippen LogP contribution is 2.21. The van der Waals surface area contributed by atoms with Crippen LogP contribution in [0.1, 0.15) is 26.3 Å². The molecule has 7 nitrogen and oxygen atoms in total. The predicted molar refractivity (Wildman–Crippen MR) is 127 cm³/mol. The molecule has 4 rings (SSSR count). The largest absolute Gasteiger partial charge is 0.337 e. The molecule has 2 amide bonds. The summed E-state index contributed by atoms with van der Waals surface area (Å²) in [6.45, 7) is 3.38. The van der Waals surface area contributed by atoms with Gasteiger partial charge in [-0.05, 0) is 61.1 Å². The van der Waals surface area contributed by atoms with Crippen molar-refractivity contribution in [2.45, 2.75) is 6.92 Å². The topological polar surface area (TPSA) is 87.2 Å². The zero-order valence-corrected chi connectivity index (χ0v) is 18.9. The summed E-state index contributed by atoms with van der Waals surface area (Å²) in [5, 5.41) is 3.35. The van der Waals surface area contributed by atoms with Gasteiger partial charge in [0.1, 0.15) is 0 Å². The molecule has 1 aromatic heterocycles. The quantitative estimate of drug-likeness (QED) is 0.593. The number of fused-ring (bicyclic) bond motifs is 1. The molecular weight excluding hydrogens is 432 g/mol. The fraction of sp³-hybridized carbons (Fsp3) is 0.273. The molecule has 1 saturated heterocycles. The Hall–Kier alpha value is -2.91. The Balaban J connectivity index is 1.55. The van der Waals surface area contributed by atoms with Crippen LogP contribution < -0.4 is 10.9 Å². The maximum atomic E-state index is 12.8. The number of aryl methyl sites for hydroxylation is 1. The van der Waals surface area contributed by atoms with E-state index in [1.165, 1.54) is 4.57 Å². The summed E-state index contributed by atoms with van der Waals surface area (Å²) in [6.07, 6.45) is 0. The summed E-state index contributed by atoms with van der Waals surface area (Å²) in [6, 6.07) is 10.1. The molecule has 0 spiro atoms. The Morgan fingerprint density at radius 1 is 1.10 bits per heavy atom. The Morgan fingerprint density at radius 3 is 2.52 bits per heavy atom. The number of anilines is 1. The van der Waals surface area contributed by atoms with E-state index in [0.29, 0.717) is 32.5 Å². The minimum Gasteiger partial charge on any atom is -0.337 e. The molecule has 1 aliphatic heterocycles. The summed E-state index contributed by atoms with van der Waals surface area (Å²) in [4.78, 5) is 42.7. The van der Waals surface area contributed by atoms with Crippen molar-refractivity contribution in [3.63, 3.8) is 0 Å². The van der Waals surface area contributed by atoms with Gasteiger partial charge in [0, 0.05) is 48.5 Å². The number of carbonyl (C=O) groups excluding carboxylic acids is 2. The van der Waals surface area contributed by atoms with Crippen molar-refractivity contribution < 1.29 is 9.59 Å². The molecule has 31 heavy (non-hydrogen) atoms. The smallest absolute Gasteiger partial charge is 0.261 e. The van der Waals surface area contributed by atoms with Crippen LogP contribution in [-0.2, 0) is 7.05 Å². The molecule has 0 atom stereocenters. The predicted octanol–water partition coefficient (Wildman–Crippen LogP) is 3.35. The van der Waals surface area contributed by atoms with E-state index in [1.54, 1.807) is 43.4 Å². The molecule has 0 saturated carbocycles. The summed E-state index contributed by atoms with van der Waals surface area (Å²) in [5.41, 5.74) is 2.76. The monoisotopic (exact) mass is 454 g/mol. The van der Waals surface area contributed by atoms with Crippen LogP contribution in [0, 0.1) is 11.7 Å². The number of amides is 2. The Bertz CT molecular complexity index is 1310. The van der Waals surface area contributed by atoms with Gasteiger partial charge < -0.3 is 15.2 Å². The zero-order valence-electron chi connectivity index (χ0n) is 17.2. The molecule has 1 aliphatic rings. The molecule has 2 N–H and O–H groups in total. The number of carbonyl (C=O) groups is 2. The highest BCUT2D eigenvalue weighted by Gasteiger charge is 2.19. The molecule has 0 unspecified atom stereocenters. The number of benzene rings is 2. The molecule has 160 valence electrons. The van der Waals surface area contributed by atoms with Crippen molar-refractivity contribution in [3.8, 4) is 0 Å². The molecule has 0 radical (unpaired) electrons. The molecule has 0 bridgehead atoms. The number of hydrogen-bond acceptors (Lipinski definition) is 5. The van der Waals surface area contributed by atoms with Crippen LogP contribution in [0.3, 0.4) is 0 Å². The molecule has 3 aromatic rings. The van der Waals surface area contributed by atoms with E-state index in [0.717, 1.165) is 30.2 Å². The molecule has 2 aromatic carbocycles. The van der Waals surface area contributed by atoms with Gasteiger partial charge in [0.25, 0.3) is 17.4 Å². The van der Waals surface area contributed by atoms with Gasteiger partial charge in [-0.1, -0.05) is 0 Å². The summed E-state index contributed by atoms with van der Waals surface area (Å²) in [5.74, 6) is 1.63. The number of aromatic amines is 1. The summed E-state index contributed by atoms with van der Waals surface area (Å²) < 4.78 is 1.64. The van der Waals surface area contributed by atoms with Gasteiger partial charge in [-0.15, -0.1) is 0 Å². The van der Waals surface area contributed by atoms with Gasteiger partial charge in [0.05, 0.1) is 10.9 Å². The van der Waals surface area contributed by atoms with Crippen LogP contribution in [0.5, 0.6) is 0 Å². The van der Waals surface area contributed by atoms with Gasteiger partial charge in [-0.2, -0.15) is 11.8 Å². The van der Waals surface area contributed by atoms with E-state index in [1.807, 2.05) is 23.6 Å². The molecule has 0 aliphatic carbocycles. The minimum atomic E-state index is -0.308. The number of H-pyrrole nitrogens is 1. The third kappa shape index (κ3) is 4.28. The lowest BCUT2D eigenvalue weighted by Gasteiger charge is -2.26. The first kappa shape index (κ1) is 21.3. The van der Waals surface area contributed by atoms with Gasteiger partial charge in [-0.3, -0.25) is 19.0 Å². The lowest BCUT2D eigenvalue weighted by Crippen LogP contribution is -2.37. The number of nitrogens with one attached hydrogen (secondary N) is 2. The number of thioether (sulfide) groups is 1. The second kappa shape index (κ2) is 8.68. The summed E-state index contributed by atoms with van der Waals surface area (Å²) >= 11 is 7.01. The van der Waals surface area contributed by atoms with Crippen molar-refractivity contribution in [3.05, 3.63) is 68.2 Å². The average Bonchev–Trinajstić information content (AvgIpc) is 2.78. The van der Waals surface area contributed by atoms with E-state index in [-0.39, 0.29) is 17.4 Å². The first-order chi connectivity index (χ1) is 14.8. The van der Waals surface area contributed by atoms with Crippen molar-refractivity contribution in [1.82, 2.24) is 14.5 Å². The van der Waals surface area contributed by atoms with Gasteiger partial charge in [0.2, 0.25) is 0 Å². The van der Waals surface area contributed by atoms with Crippen molar-refractivity contribution >= 4 is 52.4 Å². The standard InChI is InChI=1S/C22H22N4O3S2/c1-13-11-15(20(28)26-7-9-31-10-8-26)4-6-17(13)23-19(27)14-3-5-16-18(12-14)24-22(30)25(2)21(16)29/h3-6,11-12H,7-10H2,1-2H3,(H,23,27)(H,24,30). The third-order valence-electron chi connectivity index (χ3n) is 5.38. The number of aromatic nitrogens is 2. The Morgan fingerprint density at radius 2 is 1.81 bits per heavy atom. The van der Waals surface area contributed by atoms with Crippen LogP contribution in [-0.4, -0.2) is 50.9 Å². The van der Waals surface area contributed by atoms with Crippen molar-refractivity contribution in [2.24, 2.45) is 7.05 Å². The lowest BCUT2D eigenvalue weighted by molar-refractivity contribution is 0.0772. The third-order valence-corrected chi connectivity index (χ3v) is 6.70. The van der Waals surface area contributed by atoms with Crippen LogP contribution in [0.4, 0.5) is 5.69 Å². The van der Waals surface area contributed by atoms with E-state index < -0.39 is 0 Å². The normalized spacial score (nSPS) is 13.9. The number of nitrogens with zero attached hydrogens (tertiary/aromatic N) is 2. The van der Waals surface area contributed by atoms with E-state index in [2.05, 4.69) is 10.3 Å². The first-order valence-electron chi connectivity index (χ1n) is 9.87. The molecule has 2 heterocycles. The second-order valence-electron chi connectivity index (χ2n) is 7.44. The highest BCUT2D eigenvalue weighted by atomic mass is 32.2. The van der Waals surface area contributed by atoms with Crippen LogP contribution in [0.25, 0.3) is 10.9 Å². The maximum absolute atomic E-state index is 12.8. The maximum Gasteiger partial charge on any atom is 0.261 e. The second-order valence-corrected chi connectivity index (χ2v) is 9.05. The first-order valence-corrected chi connectivity index (χ1v) is 11.4. The minimum absolute atomic E-state index is 0.0210. The van der Waals surface area contributed by atoms with Gasteiger partial charge in [0.15, 0.2) is 4.77 Å². The van der Waals surface area contributed by atoms with E-state index in [4.69, 9.17) is 12.2 Å². The number of rotatable bonds is 3. The number of hydrogen-bond donors (Lipinski definition) is 2. The van der Waals surface area contributed by atoms with E-state index in [9.17, 15) is 14.4 Å². The van der Waals surface area contributed by atoms with E-state index >= 15 is 0 Å². The Labute approximate surface area is 188 Å². The van der Waals surface area contributed by atoms with Crippen LogP contribution >= 0.6 is 24.0 Å². The zero-order chi connectivity index (χ0) is 22.1. The fourth-order valence-corrected chi connectivity index (χ4v) is 4.62. The highest BCUT2D eigenvalue weighted by molar-refractivity contribution is 7.99. The lowest BCUT2D eigenvalue weighted by atomic mass is 10.1. The molecule has 1 fully saturated rings. The Kier molecular flexibility index (Phi) is 5.97. The van der Waals surface area contributed by atoms with Gasteiger partial charge >= 0.3 is 0 Å². The fourth-order valence-electron chi connectivity index (χ4n) is 3.53. The van der Waals surface area contributed by atoms with Crippen molar-refractivity contribution in [2.75, 3.05) is 29.9 Å². The van der Waals surface area contributed by atoms with Gasteiger partial charge in [-0.25, -0.2) is 0 Å². The summed E-state index contributed by atoms with van der Waals surface area (Å²) in [7, 11) is 1.60. The van der Waals surface area contributed by atoms with Crippen molar-refractivity contribution in [1.29, 1.82) is 0 Å². The SMILES string of the molecule is Cc1cc(C(=O)N2CCSCC2)ccc1NC(=O)c1ccc2c(=O)n(C)c(=S)[nH]c2c1.